The Labute approximate surface area is 175 Å². The summed E-state index contributed by atoms with van der Waals surface area (Å²) in [6.45, 7) is 9.97. The second-order valence-electron chi connectivity index (χ2n) is 7.54. The zero-order chi connectivity index (χ0) is 21.3. The summed E-state index contributed by atoms with van der Waals surface area (Å²) in [7, 11) is 0. The summed E-state index contributed by atoms with van der Waals surface area (Å²) < 4.78 is 3.72. The number of hydrogen-bond acceptors (Lipinski definition) is 3. The molecule has 0 unspecified atom stereocenters. The van der Waals surface area contributed by atoms with Gasteiger partial charge in [-0.05, 0) is 55.8 Å². The molecule has 0 N–H and O–H groups in total. The van der Waals surface area contributed by atoms with E-state index in [2.05, 4.69) is 16.7 Å². The van der Waals surface area contributed by atoms with Crippen molar-refractivity contribution >= 4 is 17.9 Å². The molecule has 0 aliphatic heterocycles. The molecule has 5 nitrogen and oxygen atoms in total. The molecule has 150 valence electrons. The second kappa shape index (κ2) is 7.95. The van der Waals surface area contributed by atoms with E-state index in [1.54, 1.807) is 10.8 Å². The Morgan fingerprint density at radius 1 is 1.07 bits per heavy atom. The minimum Gasteiger partial charge on any atom is -0.309 e. The van der Waals surface area contributed by atoms with E-state index in [1.807, 2.05) is 86.2 Å². The molecule has 1 aromatic carbocycles. The fourth-order valence-electron chi connectivity index (χ4n) is 3.91. The SMILES string of the molecule is C=N/C=C(/c1ccccc1)c1c(C)cn(Cc2cn3cc(C)ccc3n2)c(=O)c1C. The number of imidazole rings is 1. The van der Waals surface area contributed by atoms with Crippen molar-refractivity contribution in [1.82, 2.24) is 14.0 Å². The fraction of sp³-hybridized carbons (Fsp3) is 0.160. The van der Waals surface area contributed by atoms with Gasteiger partial charge in [0.15, 0.2) is 0 Å². The van der Waals surface area contributed by atoms with Crippen molar-refractivity contribution in [1.29, 1.82) is 0 Å². The van der Waals surface area contributed by atoms with Crippen LogP contribution < -0.4 is 5.56 Å². The summed E-state index contributed by atoms with van der Waals surface area (Å²) in [6.07, 6.45) is 7.64. The third-order valence-electron chi connectivity index (χ3n) is 5.26. The number of aryl methyl sites for hydroxylation is 2. The summed E-state index contributed by atoms with van der Waals surface area (Å²) >= 11 is 0. The smallest absolute Gasteiger partial charge is 0.254 e. The van der Waals surface area contributed by atoms with Gasteiger partial charge in [-0.1, -0.05) is 36.4 Å². The van der Waals surface area contributed by atoms with Crippen LogP contribution in [0.5, 0.6) is 0 Å². The van der Waals surface area contributed by atoms with Gasteiger partial charge in [-0.2, -0.15) is 0 Å². The first kappa shape index (κ1) is 19.6. The molecule has 0 bridgehead atoms. The first-order valence-corrected chi connectivity index (χ1v) is 9.84. The molecule has 0 amide bonds. The first-order chi connectivity index (χ1) is 14.5. The first-order valence-electron chi connectivity index (χ1n) is 9.84. The largest absolute Gasteiger partial charge is 0.309 e. The summed E-state index contributed by atoms with van der Waals surface area (Å²) in [5.74, 6) is 0. The van der Waals surface area contributed by atoms with Crippen LogP contribution in [-0.4, -0.2) is 20.7 Å². The third-order valence-corrected chi connectivity index (χ3v) is 5.26. The highest BCUT2D eigenvalue weighted by molar-refractivity contribution is 5.82. The van der Waals surface area contributed by atoms with Crippen LogP contribution in [-0.2, 0) is 6.54 Å². The highest BCUT2D eigenvalue weighted by atomic mass is 16.1. The van der Waals surface area contributed by atoms with Gasteiger partial charge in [0, 0.05) is 35.9 Å². The van der Waals surface area contributed by atoms with Gasteiger partial charge in [-0.3, -0.25) is 9.79 Å². The van der Waals surface area contributed by atoms with E-state index in [0.29, 0.717) is 12.1 Å². The lowest BCUT2D eigenvalue weighted by atomic mass is 9.93. The molecule has 3 aromatic heterocycles. The number of aromatic nitrogens is 3. The number of aliphatic imine (C=N–C) groups is 1. The molecule has 3 heterocycles. The number of fused-ring (bicyclic) bond motifs is 1. The molecule has 5 heteroatoms. The molecular weight excluding hydrogens is 372 g/mol. The molecule has 4 aromatic rings. The highest BCUT2D eigenvalue weighted by Gasteiger charge is 2.16. The van der Waals surface area contributed by atoms with Crippen molar-refractivity contribution in [3.05, 3.63) is 111 Å². The average Bonchev–Trinajstić information content (AvgIpc) is 3.13. The Kier molecular flexibility index (Phi) is 5.19. The van der Waals surface area contributed by atoms with Crippen molar-refractivity contribution < 1.29 is 0 Å². The third kappa shape index (κ3) is 3.62. The van der Waals surface area contributed by atoms with Gasteiger partial charge in [-0.25, -0.2) is 4.98 Å². The number of pyridine rings is 2. The van der Waals surface area contributed by atoms with Crippen molar-refractivity contribution in [3.8, 4) is 0 Å². The summed E-state index contributed by atoms with van der Waals surface area (Å²) in [5, 5.41) is 0. The Bertz CT molecular complexity index is 1330. The van der Waals surface area contributed by atoms with E-state index in [4.69, 9.17) is 0 Å². The molecule has 0 atom stereocenters. The fourth-order valence-corrected chi connectivity index (χ4v) is 3.91. The van der Waals surface area contributed by atoms with Crippen molar-refractivity contribution in [2.45, 2.75) is 27.3 Å². The minimum atomic E-state index is -0.0327. The maximum absolute atomic E-state index is 13.2. The number of hydrogen-bond donors (Lipinski definition) is 0. The maximum Gasteiger partial charge on any atom is 0.254 e. The molecule has 0 radical (unpaired) electrons. The second-order valence-corrected chi connectivity index (χ2v) is 7.54. The lowest BCUT2D eigenvalue weighted by molar-refractivity contribution is 0.732. The van der Waals surface area contributed by atoms with E-state index in [9.17, 15) is 4.79 Å². The number of benzene rings is 1. The molecule has 4 rings (SSSR count). The molecule has 0 spiro atoms. The molecule has 0 saturated carbocycles. The summed E-state index contributed by atoms with van der Waals surface area (Å²) in [5.41, 5.74) is 7.35. The minimum absolute atomic E-state index is 0.0327. The van der Waals surface area contributed by atoms with Crippen LogP contribution in [0.3, 0.4) is 0 Å². The van der Waals surface area contributed by atoms with E-state index < -0.39 is 0 Å². The lowest BCUT2D eigenvalue weighted by Gasteiger charge is -2.16. The van der Waals surface area contributed by atoms with Crippen LogP contribution in [0.4, 0.5) is 0 Å². The Morgan fingerprint density at radius 2 is 1.83 bits per heavy atom. The average molecular weight is 396 g/mol. The normalized spacial score (nSPS) is 11.8. The van der Waals surface area contributed by atoms with Crippen LogP contribution in [0.15, 0.2) is 77.0 Å². The monoisotopic (exact) mass is 396 g/mol. The van der Waals surface area contributed by atoms with Crippen molar-refractivity contribution in [2.75, 3.05) is 0 Å². The van der Waals surface area contributed by atoms with Crippen LogP contribution >= 0.6 is 0 Å². The highest BCUT2D eigenvalue weighted by Crippen LogP contribution is 2.27. The Balaban J connectivity index is 1.78. The standard InChI is InChI=1S/C25H24N4O/c1-17-10-11-23-27-21(15-28(23)13-17)16-29-14-18(2)24(19(3)25(29)30)22(12-26-4)20-8-6-5-7-9-20/h5-15H,4,16H2,1-3H3/b22-12-. The van der Waals surface area contributed by atoms with Crippen LogP contribution in [0.25, 0.3) is 11.2 Å². The molecule has 0 aliphatic rings. The van der Waals surface area contributed by atoms with Crippen LogP contribution in [0.1, 0.15) is 33.5 Å². The maximum atomic E-state index is 13.2. The number of rotatable bonds is 5. The number of nitrogens with zero attached hydrogens (tertiary/aromatic N) is 4. The van der Waals surface area contributed by atoms with E-state index in [0.717, 1.165) is 39.2 Å². The molecule has 0 fully saturated rings. The van der Waals surface area contributed by atoms with Gasteiger partial charge in [0.05, 0.1) is 12.2 Å². The predicted molar refractivity (Wildman–Crippen MR) is 122 cm³/mol. The van der Waals surface area contributed by atoms with Gasteiger partial charge >= 0.3 is 0 Å². The Hall–Kier alpha value is -3.73. The van der Waals surface area contributed by atoms with Crippen molar-refractivity contribution in [2.24, 2.45) is 4.99 Å². The summed E-state index contributed by atoms with van der Waals surface area (Å²) in [6, 6.07) is 14.0. The molecule has 0 saturated heterocycles. The van der Waals surface area contributed by atoms with Crippen LogP contribution in [0, 0.1) is 20.8 Å². The van der Waals surface area contributed by atoms with Gasteiger partial charge < -0.3 is 8.97 Å². The Morgan fingerprint density at radius 3 is 2.57 bits per heavy atom. The molecule has 0 aliphatic carbocycles. The van der Waals surface area contributed by atoms with Gasteiger partial charge in [-0.15, -0.1) is 0 Å². The lowest BCUT2D eigenvalue weighted by Crippen LogP contribution is -2.25. The van der Waals surface area contributed by atoms with E-state index in [-0.39, 0.29) is 5.56 Å². The quantitative estimate of drug-likeness (QED) is 0.465. The van der Waals surface area contributed by atoms with Crippen LogP contribution in [0.2, 0.25) is 0 Å². The van der Waals surface area contributed by atoms with Crippen molar-refractivity contribution in [3.63, 3.8) is 0 Å². The summed E-state index contributed by atoms with van der Waals surface area (Å²) in [4.78, 5) is 21.9. The van der Waals surface area contributed by atoms with E-state index >= 15 is 0 Å². The van der Waals surface area contributed by atoms with Gasteiger partial charge in [0.25, 0.3) is 5.56 Å². The predicted octanol–water partition coefficient (Wildman–Crippen LogP) is 4.56. The zero-order valence-corrected chi connectivity index (χ0v) is 17.5. The molecule has 30 heavy (non-hydrogen) atoms. The van der Waals surface area contributed by atoms with Gasteiger partial charge in [0.2, 0.25) is 0 Å². The molecular formula is C25H24N4O. The zero-order valence-electron chi connectivity index (χ0n) is 17.5. The topological polar surface area (TPSA) is 51.7 Å². The van der Waals surface area contributed by atoms with Gasteiger partial charge in [0.1, 0.15) is 5.65 Å². The van der Waals surface area contributed by atoms with E-state index in [1.165, 1.54) is 0 Å².